The third kappa shape index (κ3) is 4.66. The van der Waals surface area contributed by atoms with E-state index in [4.69, 9.17) is 0 Å². The maximum absolute atomic E-state index is 13.1. The molecule has 0 saturated heterocycles. The number of halogens is 2. The van der Waals surface area contributed by atoms with Gasteiger partial charge in [0, 0.05) is 30.1 Å². The quantitative estimate of drug-likeness (QED) is 0.407. The van der Waals surface area contributed by atoms with Crippen molar-refractivity contribution in [3.63, 3.8) is 0 Å². The molecule has 0 amide bonds. The molecule has 4 nitrogen and oxygen atoms in total. The van der Waals surface area contributed by atoms with Crippen LogP contribution in [0.2, 0.25) is 0 Å². The Labute approximate surface area is 163 Å². The third-order valence-electron chi connectivity index (χ3n) is 4.20. The van der Waals surface area contributed by atoms with Crippen LogP contribution in [0.1, 0.15) is 28.3 Å². The molecule has 1 heterocycles. The second kappa shape index (κ2) is 8.24. The molecule has 0 atom stereocenters. The fourth-order valence-corrected chi connectivity index (χ4v) is 3.36. The average molecular weight is 460 g/mol. The van der Waals surface area contributed by atoms with Crippen LogP contribution in [0.5, 0.6) is 0 Å². The molecule has 1 fully saturated rings. The molecule has 1 aliphatic carbocycles. The van der Waals surface area contributed by atoms with Crippen molar-refractivity contribution in [1.82, 2.24) is 15.6 Å². The van der Waals surface area contributed by atoms with Crippen LogP contribution in [-0.2, 0) is 12.0 Å². The smallest absolute Gasteiger partial charge is 0.191 e. The molecule has 130 valence electrons. The van der Waals surface area contributed by atoms with Crippen molar-refractivity contribution in [2.75, 3.05) is 13.6 Å². The van der Waals surface area contributed by atoms with Crippen molar-refractivity contribution in [1.29, 1.82) is 0 Å². The van der Waals surface area contributed by atoms with E-state index in [2.05, 4.69) is 20.6 Å². The van der Waals surface area contributed by atoms with Crippen LogP contribution < -0.4 is 10.6 Å². The lowest BCUT2D eigenvalue weighted by molar-refractivity contribution is 0.617. The molecule has 0 spiro atoms. The van der Waals surface area contributed by atoms with Gasteiger partial charge in [-0.15, -0.1) is 35.3 Å². The van der Waals surface area contributed by atoms with Gasteiger partial charge in [-0.05, 0) is 37.5 Å². The summed E-state index contributed by atoms with van der Waals surface area (Å²) >= 11 is 1.68. The number of guanidine groups is 1. The van der Waals surface area contributed by atoms with Gasteiger partial charge in [-0.25, -0.2) is 9.37 Å². The molecule has 0 aliphatic heterocycles. The predicted molar refractivity (Wildman–Crippen MR) is 108 cm³/mol. The van der Waals surface area contributed by atoms with Gasteiger partial charge in [0.25, 0.3) is 0 Å². The van der Waals surface area contributed by atoms with E-state index in [-0.39, 0.29) is 35.2 Å². The normalized spacial score (nSPS) is 15.5. The van der Waals surface area contributed by atoms with Gasteiger partial charge in [-0.2, -0.15) is 0 Å². The van der Waals surface area contributed by atoms with Crippen LogP contribution in [0.3, 0.4) is 0 Å². The summed E-state index contributed by atoms with van der Waals surface area (Å²) in [5.41, 5.74) is 1.31. The summed E-state index contributed by atoms with van der Waals surface area (Å²) in [5.74, 6) is 0.583. The molecular formula is C17H22FIN4S. The first-order chi connectivity index (χ1) is 11.1. The Morgan fingerprint density at radius 1 is 1.29 bits per heavy atom. The molecule has 1 aliphatic rings. The van der Waals surface area contributed by atoms with Crippen LogP contribution in [-0.4, -0.2) is 24.5 Å². The first-order valence-corrected chi connectivity index (χ1v) is 8.55. The summed E-state index contributed by atoms with van der Waals surface area (Å²) in [4.78, 5) is 9.80. The third-order valence-corrected chi connectivity index (χ3v) is 5.12. The molecule has 2 aromatic rings. The number of thiazole rings is 1. The molecule has 1 saturated carbocycles. The number of hydrogen-bond acceptors (Lipinski definition) is 3. The standard InChI is InChI=1S/C17H21FN4S.HI/c1-12-9-20-15(23-12)10-21-16(19-2)22-11-17(7-8-17)13-3-5-14(18)6-4-13;/h3-6,9H,7-8,10-11H2,1-2H3,(H2,19,21,22);1H. The number of aliphatic imine (C=N–C) groups is 1. The second-order valence-corrected chi connectivity index (χ2v) is 7.25. The second-order valence-electron chi connectivity index (χ2n) is 5.93. The van der Waals surface area contributed by atoms with E-state index < -0.39 is 0 Å². The van der Waals surface area contributed by atoms with Crippen LogP contribution in [0, 0.1) is 12.7 Å². The lowest BCUT2D eigenvalue weighted by Gasteiger charge is -2.18. The Bertz CT molecular complexity index is 695. The van der Waals surface area contributed by atoms with Crippen LogP contribution in [0.4, 0.5) is 4.39 Å². The maximum Gasteiger partial charge on any atom is 0.191 e. The monoisotopic (exact) mass is 460 g/mol. The van der Waals surface area contributed by atoms with Crippen molar-refractivity contribution >= 4 is 41.3 Å². The van der Waals surface area contributed by atoms with Crippen molar-refractivity contribution in [3.05, 3.63) is 51.7 Å². The van der Waals surface area contributed by atoms with E-state index in [0.717, 1.165) is 30.4 Å². The Morgan fingerprint density at radius 2 is 2.00 bits per heavy atom. The topological polar surface area (TPSA) is 49.3 Å². The number of rotatable bonds is 5. The van der Waals surface area contributed by atoms with Crippen molar-refractivity contribution in [2.24, 2.45) is 4.99 Å². The number of nitrogens with zero attached hydrogens (tertiary/aromatic N) is 2. The van der Waals surface area contributed by atoms with Crippen molar-refractivity contribution < 1.29 is 4.39 Å². The zero-order valence-corrected chi connectivity index (χ0v) is 17.0. The molecule has 0 radical (unpaired) electrons. The minimum atomic E-state index is -0.186. The number of nitrogens with one attached hydrogen (secondary N) is 2. The van der Waals surface area contributed by atoms with Crippen LogP contribution in [0.15, 0.2) is 35.5 Å². The summed E-state index contributed by atoms with van der Waals surface area (Å²) in [7, 11) is 1.76. The number of aryl methyl sites for hydroxylation is 1. The van der Waals surface area contributed by atoms with E-state index in [1.54, 1.807) is 18.4 Å². The maximum atomic E-state index is 13.1. The van der Waals surface area contributed by atoms with Crippen LogP contribution in [0.25, 0.3) is 0 Å². The fraction of sp³-hybridized carbons (Fsp3) is 0.412. The van der Waals surface area contributed by atoms with Gasteiger partial charge in [0.05, 0.1) is 6.54 Å². The highest BCUT2D eigenvalue weighted by Crippen LogP contribution is 2.47. The minimum Gasteiger partial charge on any atom is -0.356 e. The first kappa shape index (κ1) is 19.1. The zero-order valence-electron chi connectivity index (χ0n) is 13.8. The fourth-order valence-electron chi connectivity index (χ4n) is 2.64. The van der Waals surface area contributed by atoms with Gasteiger partial charge >= 0.3 is 0 Å². The Kier molecular flexibility index (Phi) is 6.56. The number of hydrogen-bond donors (Lipinski definition) is 2. The predicted octanol–water partition coefficient (Wildman–Crippen LogP) is 3.61. The zero-order chi connectivity index (χ0) is 16.3. The van der Waals surface area contributed by atoms with Crippen molar-refractivity contribution in [3.8, 4) is 0 Å². The summed E-state index contributed by atoms with van der Waals surface area (Å²) in [6.07, 6.45) is 4.12. The summed E-state index contributed by atoms with van der Waals surface area (Å²) in [5, 5.41) is 7.72. The average Bonchev–Trinajstić information content (AvgIpc) is 3.23. The lowest BCUT2D eigenvalue weighted by atomic mass is 9.96. The summed E-state index contributed by atoms with van der Waals surface area (Å²) in [6.45, 7) is 3.52. The van der Waals surface area contributed by atoms with Gasteiger partial charge in [-0.3, -0.25) is 4.99 Å². The van der Waals surface area contributed by atoms with Gasteiger partial charge in [-0.1, -0.05) is 12.1 Å². The molecule has 0 unspecified atom stereocenters. The molecule has 1 aromatic heterocycles. The van der Waals surface area contributed by atoms with Crippen molar-refractivity contribution in [2.45, 2.75) is 31.7 Å². The Morgan fingerprint density at radius 3 is 2.54 bits per heavy atom. The van der Waals surface area contributed by atoms with Crippen LogP contribution >= 0.6 is 35.3 Å². The molecule has 2 N–H and O–H groups in total. The Balaban J connectivity index is 0.00000208. The lowest BCUT2D eigenvalue weighted by Crippen LogP contribution is -2.40. The first-order valence-electron chi connectivity index (χ1n) is 7.73. The SMILES string of the molecule is CN=C(NCc1ncc(C)s1)NCC1(c2ccc(F)cc2)CC1.I. The molecule has 7 heteroatoms. The van der Waals surface area contributed by atoms with E-state index in [0.29, 0.717) is 6.54 Å². The van der Waals surface area contributed by atoms with E-state index in [1.807, 2.05) is 25.3 Å². The largest absolute Gasteiger partial charge is 0.356 e. The highest BCUT2D eigenvalue weighted by Gasteiger charge is 2.44. The van der Waals surface area contributed by atoms with Gasteiger partial charge < -0.3 is 10.6 Å². The molecule has 24 heavy (non-hydrogen) atoms. The molecular weight excluding hydrogens is 438 g/mol. The molecule has 0 bridgehead atoms. The van der Waals surface area contributed by atoms with Gasteiger partial charge in [0.2, 0.25) is 0 Å². The minimum absolute atomic E-state index is 0. The highest BCUT2D eigenvalue weighted by molar-refractivity contribution is 14.0. The summed E-state index contributed by atoms with van der Waals surface area (Å²) < 4.78 is 13.1. The van der Waals surface area contributed by atoms with E-state index in [9.17, 15) is 4.39 Å². The van der Waals surface area contributed by atoms with E-state index in [1.165, 1.54) is 22.6 Å². The number of aromatic nitrogens is 1. The molecule has 3 rings (SSSR count). The number of benzene rings is 1. The Hall–Kier alpha value is -1.22. The molecule has 1 aromatic carbocycles. The van der Waals surface area contributed by atoms with Gasteiger partial charge in [0.1, 0.15) is 10.8 Å². The van der Waals surface area contributed by atoms with Gasteiger partial charge in [0.15, 0.2) is 5.96 Å². The highest BCUT2D eigenvalue weighted by atomic mass is 127. The van der Waals surface area contributed by atoms with E-state index >= 15 is 0 Å². The summed E-state index contributed by atoms with van der Waals surface area (Å²) in [6, 6.07) is 6.84.